The summed E-state index contributed by atoms with van der Waals surface area (Å²) < 4.78 is 0. The molecule has 0 radical (unpaired) electrons. The van der Waals surface area contributed by atoms with Crippen LogP contribution in [-0.4, -0.2) is 12.8 Å². The van der Waals surface area contributed by atoms with Gasteiger partial charge in [0.15, 0.2) is 0 Å². The molecule has 0 aliphatic rings. The fourth-order valence-corrected chi connectivity index (χ4v) is 1.83. The minimum atomic E-state index is 1.04. The van der Waals surface area contributed by atoms with Crippen molar-refractivity contribution >= 4 is 5.71 Å². The lowest BCUT2D eigenvalue weighted by Crippen LogP contribution is -2.01. The van der Waals surface area contributed by atoms with E-state index in [1.807, 2.05) is 14.0 Å². The van der Waals surface area contributed by atoms with Crippen molar-refractivity contribution in [1.82, 2.24) is 0 Å². The van der Waals surface area contributed by atoms with E-state index in [9.17, 15) is 0 Å². The van der Waals surface area contributed by atoms with Crippen LogP contribution < -0.4 is 0 Å². The molecular weight excluding hydrogens is 218 g/mol. The number of aliphatic imine (C=N–C) groups is 1. The van der Waals surface area contributed by atoms with Gasteiger partial charge in [-0.2, -0.15) is 0 Å². The highest BCUT2D eigenvalue weighted by molar-refractivity contribution is 6.09. The molecule has 0 saturated heterocycles. The predicted molar refractivity (Wildman–Crippen MR) is 81.7 cm³/mol. The Bertz CT molecular complexity index is 517. The average Bonchev–Trinajstić information content (AvgIpc) is 2.35. The standard InChI is InChI=1S/C17H23N/c1-7-12(2)8-9-17(18-6)16-11-14(4)13(3)10-15(16)5/h7-11H,1-6H3/b9-8-,12-7-,18-17-. The number of aryl methyl sites for hydroxylation is 3. The van der Waals surface area contributed by atoms with Crippen molar-refractivity contribution in [1.29, 1.82) is 0 Å². The Morgan fingerprint density at radius 1 is 1.00 bits per heavy atom. The fourth-order valence-electron chi connectivity index (χ4n) is 1.83. The normalized spacial score (nSPS) is 13.4. The minimum Gasteiger partial charge on any atom is -0.288 e. The molecule has 18 heavy (non-hydrogen) atoms. The molecule has 0 amide bonds. The molecule has 0 bridgehead atoms. The lowest BCUT2D eigenvalue weighted by Gasteiger charge is -2.09. The molecule has 1 heteroatoms. The predicted octanol–water partition coefficient (Wildman–Crippen LogP) is 4.55. The summed E-state index contributed by atoms with van der Waals surface area (Å²) >= 11 is 0. The first kappa shape index (κ1) is 14.4. The van der Waals surface area contributed by atoms with Crippen molar-refractivity contribution < 1.29 is 0 Å². The van der Waals surface area contributed by atoms with E-state index >= 15 is 0 Å². The monoisotopic (exact) mass is 241 g/mol. The van der Waals surface area contributed by atoms with Gasteiger partial charge in [0.1, 0.15) is 0 Å². The first-order valence-electron chi connectivity index (χ1n) is 6.35. The van der Waals surface area contributed by atoms with E-state index in [1.54, 1.807) is 0 Å². The van der Waals surface area contributed by atoms with Gasteiger partial charge in [0.05, 0.1) is 5.71 Å². The zero-order valence-electron chi connectivity index (χ0n) is 12.3. The van der Waals surface area contributed by atoms with Crippen molar-refractivity contribution in [2.45, 2.75) is 34.6 Å². The molecule has 1 nitrogen and oxygen atoms in total. The van der Waals surface area contributed by atoms with Crippen LogP contribution in [0.1, 0.15) is 36.1 Å². The number of allylic oxidation sites excluding steroid dienone is 4. The molecule has 1 aromatic carbocycles. The van der Waals surface area contributed by atoms with E-state index in [0.29, 0.717) is 0 Å². The number of hydrogen-bond donors (Lipinski definition) is 0. The maximum atomic E-state index is 4.40. The Morgan fingerprint density at radius 3 is 2.17 bits per heavy atom. The van der Waals surface area contributed by atoms with Gasteiger partial charge in [-0.05, 0) is 63.5 Å². The molecular formula is C17H23N. The summed E-state index contributed by atoms with van der Waals surface area (Å²) in [5.41, 5.74) is 7.44. The van der Waals surface area contributed by atoms with E-state index in [-0.39, 0.29) is 0 Å². The van der Waals surface area contributed by atoms with Crippen molar-refractivity contribution in [2.75, 3.05) is 7.05 Å². The highest BCUT2D eigenvalue weighted by atomic mass is 14.7. The third kappa shape index (κ3) is 3.43. The summed E-state index contributed by atoms with van der Waals surface area (Å²) in [5, 5.41) is 0. The smallest absolute Gasteiger partial charge is 0.0646 e. The SMILES string of the molecule is C\C=C(C)/C=C\C(=N\C)c1cc(C)c(C)cc1C. The van der Waals surface area contributed by atoms with E-state index < -0.39 is 0 Å². The molecule has 96 valence electrons. The zero-order chi connectivity index (χ0) is 13.7. The van der Waals surface area contributed by atoms with Gasteiger partial charge in [-0.1, -0.05) is 23.8 Å². The summed E-state index contributed by atoms with van der Waals surface area (Å²) in [7, 11) is 1.85. The van der Waals surface area contributed by atoms with Gasteiger partial charge in [-0.25, -0.2) is 0 Å². The molecule has 0 fully saturated rings. The molecule has 0 atom stereocenters. The molecule has 0 aliphatic carbocycles. The first-order chi connectivity index (χ1) is 8.49. The van der Waals surface area contributed by atoms with E-state index in [1.165, 1.54) is 27.8 Å². The van der Waals surface area contributed by atoms with Crippen LogP contribution in [0.3, 0.4) is 0 Å². The molecule has 0 saturated carbocycles. The first-order valence-corrected chi connectivity index (χ1v) is 6.35. The van der Waals surface area contributed by atoms with Crippen LogP contribution >= 0.6 is 0 Å². The van der Waals surface area contributed by atoms with Gasteiger partial charge >= 0.3 is 0 Å². The molecule has 0 spiro atoms. The van der Waals surface area contributed by atoms with Crippen molar-refractivity contribution in [2.24, 2.45) is 4.99 Å². The fraction of sp³-hybridized carbons (Fsp3) is 0.353. The molecule has 0 aromatic heterocycles. The van der Waals surface area contributed by atoms with Crippen LogP contribution in [0.4, 0.5) is 0 Å². The summed E-state index contributed by atoms with van der Waals surface area (Å²) in [6.07, 6.45) is 6.29. The second kappa shape index (κ2) is 6.34. The topological polar surface area (TPSA) is 12.4 Å². The van der Waals surface area contributed by atoms with Crippen LogP contribution in [0.5, 0.6) is 0 Å². The number of rotatable bonds is 3. The van der Waals surface area contributed by atoms with Gasteiger partial charge in [-0.15, -0.1) is 0 Å². The summed E-state index contributed by atoms with van der Waals surface area (Å²) in [6, 6.07) is 4.45. The molecule has 0 aliphatic heterocycles. The second-order valence-corrected chi connectivity index (χ2v) is 4.73. The summed E-state index contributed by atoms with van der Waals surface area (Å²) in [6.45, 7) is 10.6. The molecule has 0 unspecified atom stereocenters. The third-order valence-corrected chi connectivity index (χ3v) is 3.32. The Labute approximate surface area is 111 Å². The van der Waals surface area contributed by atoms with Gasteiger partial charge in [0, 0.05) is 12.6 Å². The quantitative estimate of drug-likeness (QED) is 0.543. The molecule has 0 N–H and O–H groups in total. The molecule has 1 aromatic rings. The lowest BCUT2D eigenvalue weighted by atomic mass is 9.97. The van der Waals surface area contributed by atoms with Gasteiger partial charge in [0.25, 0.3) is 0 Å². The summed E-state index contributed by atoms with van der Waals surface area (Å²) in [5.74, 6) is 0. The highest BCUT2D eigenvalue weighted by Gasteiger charge is 2.05. The van der Waals surface area contributed by atoms with Gasteiger partial charge < -0.3 is 0 Å². The molecule has 0 heterocycles. The number of hydrogen-bond acceptors (Lipinski definition) is 1. The van der Waals surface area contributed by atoms with Crippen LogP contribution in [0, 0.1) is 20.8 Å². The average molecular weight is 241 g/mol. The maximum Gasteiger partial charge on any atom is 0.0646 e. The van der Waals surface area contributed by atoms with Crippen LogP contribution in [0.25, 0.3) is 0 Å². The lowest BCUT2D eigenvalue weighted by molar-refractivity contribution is 1.28. The van der Waals surface area contributed by atoms with E-state index in [2.05, 4.69) is 63.0 Å². The Balaban J connectivity index is 3.19. The van der Waals surface area contributed by atoms with Crippen molar-refractivity contribution in [3.05, 3.63) is 58.2 Å². The van der Waals surface area contributed by atoms with Crippen LogP contribution in [0.15, 0.2) is 40.9 Å². The highest BCUT2D eigenvalue weighted by Crippen LogP contribution is 2.17. The van der Waals surface area contributed by atoms with Crippen molar-refractivity contribution in [3.63, 3.8) is 0 Å². The van der Waals surface area contributed by atoms with E-state index in [4.69, 9.17) is 0 Å². The summed E-state index contributed by atoms with van der Waals surface area (Å²) in [4.78, 5) is 4.40. The van der Waals surface area contributed by atoms with Gasteiger partial charge in [-0.3, -0.25) is 4.99 Å². The third-order valence-electron chi connectivity index (χ3n) is 3.32. The number of benzene rings is 1. The Hall–Kier alpha value is -1.63. The van der Waals surface area contributed by atoms with E-state index in [0.717, 1.165) is 5.71 Å². The Kier molecular flexibility index (Phi) is 5.08. The van der Waals surface area contributed by atoms with Crippen LogP contribution in [0.2, 0.25) is 0 Å². The minimum absolute atomic E-state index is 1.04. The number of nitrogens with zero attached hydrogens (tertiary/aromatic N) is 1. The second-order valence-electron chi connectivity index (χ2n) is 4.73. The molecule has 1 rings (SSSR count). The maximum absolute atomic E-state index is 4.40. The Morgan fingerprint density at radius 2 is 1.61 bits per heavy atom. The van der Waals surface area contributed by atoms with Crippen molar-refractivity contribution in [3.8, 4) is 0 Å². The largest absolute Gasteiger partial charge is 0.288 e. The van der Waals surface area contributed by atoms with Crippen LogP contribution in [-0.2, 0) is 0 Å². The zero-order valence-corrected chi connectivity index (χ0v) is 12.3. The van der Waals surface area contributed by atoms with Gasteiger partial charge in [0.2, 0.25) is 0 Å².